The van der Waals surface area contributed by atoms with Gasteiger partial charge in [-0.1, -0.05) is 28.1 Å². The van der Waals surface area contributed by atoms with Crippen molar-refractivity contribution >= 4 is 60.5 Å². The van der Waals surface area contributed by atoms with E-state index < -0.39 is 6.04 Å². The first-order valence-electron chi connectivity index (χ1n) is 20.0. The predicted octanol–water partition coefficient (Wildman–Crippen LogP) is 8.28. The second-order valence-electron chi connectivity index (χ2n) is 15.6. The van der Waals surface area contributed by atoms with Gasteiger partial charge in [-0.15, -0.1) is 11.3 Å². The fraction of sp³-hybridized carbons (Fsp3) is 0.356. The van der Waals surface area contributed by atoms with Crippen molar-refractivity contribution in [2.45, 2.75) is 50.7 Å². The number of ether oxygens (including phenoxy) is 2. The molecule has 10 nitrogen and oxygen atoms in total. The summed E-state index contributed by atoms with van der Waals surface area (Å²) in [5, 5.41) is 11.0. The van der Waals surface area contributed by atoms with Crippen LogP contribution in [0.3, 0.4) is 0 Å². The maximum atomic E-state index is 16.0. The van der Waals surface area contributed by atoms with Gasteiger partial charge in [0.25, 0.3) is 5.91 Å². The Morgan fingerprint density at radius 1 is 0.845 bits per heavy atom. The lowest BCUT2D eigenvalue weighted by Gasteiger charge is -2.43. The molecule has 3 aliphatic heterocycles. The van der Waals surface area contributed by atoms with E-state index in [9.17, 15) is 19.5 Å². The molecule has 1 N–H and O–H groups in total. The van der Waals surface area contributed by atoms with Crippen molar-refractivity contribution in [1.29, 1.82) is 0 Å². The van der Waals surface area contributed by atoms with Crippen LogP contribution in [0.1, 0.15) is 48.0 Å². The van der Waals surface area contributed by atoms with Crippen molar-refractivity contribution in [3.63, 3.8) is 0 Å². The highest BCUT2D eigenvalue weighted by Crippen LogP contribution is 2.47. The molecule has 58 heavy (non-hydrogen) atoms. The molecule has 2 saturated heterocycles. The summed E-state index contributed by atoms with van der Waals surface area (Å²) in [6.45, 7) is 6.58. The van der Waals surface area contributed by atoms with Crippen LogP contribution < -0.4 is 14.4 Å². The van der Waals surface area contributed by atoms with Gasteiger partial charge in [-0.05, 0) is 105 Å². The maximum absolute atomic E-state index is 16.0. The fourth-order valence-corrected chi connectivity index (χ4v) is 10.3. The Hall–Kier alpha value is -4.82. The zero-order valence-electron chi connectivity index (χ0n) is 32.0. The topological polar surface area (TPSA) is 103 Å². The Kier molecular flexibility index (Phi) is 11.0. The molecule has 4 aliphatic rings. The molecule has 1 unspecified atom stereocenters. The Morgan fingerprint density at radius 2 is 1.59 bits per heavy atom. The van der Waals surface area contributed by atoms with Crippen molar-refractivity contribution in [2.75, 3.05) is 57.3 Å². The van der Waals surface area contributed by atoms with Crippen LogP contribution in [0.15, 0.2) is 83.3 Å². The van der Waals surface area contributed by atoms with Crippen molar-refractivity contribution in [3.05, 3.63) is 100 Å². The molecule has 4 heterocycles. The molecular weight excluding hydrogens is 823 g/mol. The first-order valence-corrected chi connectivity index (χ1v) is 21.6. The van der Waals surface area contributed by atoms with Gasteiger partial charge in [-0.2, -0.15) is 0 Å². The zero-order valence-corrected chi connectivity index (χ0v) is 34.4. The number of ketones is 2. The lowest BCUT2D eigenvalue weighted by Crippen LogP contribution is -2.53. The molecule has 13 heteroatoms. The highest BCUT2D eigenvalue weighted by molar-refractivity contribution is 9.10. The molecule has 5 aromatic rings. The van der Waals surface area contributed by atoms with Crippen LogP contribution in [0.25, 0.3) is 20.5 Å². The number of carbonyl (C=O) groups is 3. The van der Waals surface area contributed by atoms with E-state index in [2.05, 4.69) is 42.8 Å². The molecule has 1 saturated carbocycles. The summed E-state index contributed by atoms with van der Waals surface area (Å²) < 4.78 is 30.5. The summed E-state index contributed by atoms with van der Waals surface area (Å²) in [5.74, 6) is 1.43. The highest BCUT2D eigenvalue weighted by atomic mass is 79.9. The number of fused-ring (bicyclic) bond motifs is 2. The molecule has 9 rings (SSSR count). The summed E-state index contributed by atoms with van der Waals surface area (Å²) in [6.07, 6.45) is 2.58. The maximum Gasteiger partial charge on any atom is 0.255 e. The number of thiophene rings is 1. The van der Waals surface area contributed by atoms with Crippen molar-refractivity contribution in [2.24, 2.45) is 0 Å². The third kappa shape index (κ3) is 7.84. The Bertz CT molecular complexity index is 2360. The minimum absolute atomic E-state index is 0.0693. The Labute approximate surface area is 348 Å². The van der Waals surface area contributed by atoms with Crippen LogP contribution >= 0.6 is 27.3 Å². The number of rotatable bonds is 10. The third-order valence-electron chi connectivity index (χ3n) is 12.0. The Balaban J connectivity index is 0.734. The number of Topliss-reactive ketones (excluding diaryl/α,β-unsaturated/α-hetero) is 2. The molecule has 4 aromatic carbocycles. The number of carbonyl (C=O) groups excluding carboxylic acids is 3. The minimum Gasteiger partial charge on any atom is -0.508 e. The van der Waals surface area contributed by atoms with E-state index in [1.54, 1.807) is 35.6 Å². The average molecular weight is 868 g/mol. The summed E-state index contributed by atoms with van der Waals surface area (Å²) in [7, 11) is 0. The van der Waals surface area contributed by atoms with E-state index in [0.717, 1.165) is 82.1 Å². The van der Waals surface area contributed by atoms with Crippen LogP contribution in [0.2, 0.25) is 0 Å². The summed E-state index contributed by atoms with van der Waals surface area (Å²) >= 11 is 5.11. The van der Waals surface area contributed by atoms with Crippen LogP contribution in [0.4, 0.5) is 10.1 Å². The van der Waals surface area contributed by atoms with Gasteiger partial charge in [0, 0.05) is 70.9 Å². The average Bonchev–Trinajstić information content (AvgIpc) is 3.76. The van der Waals surface area contributed by atoms with Gasteiger partial charge >= 0.3 is 0 Å². The van der Waals surface area contributed by atoms with E-state index in [-0.39, 0.29) is 48.4 Å². The number of aromatic hydroxyl groups is 1. The summed E-state index contributed by atoms with van der Waals surface area (Å²) in [4.78, 5) is 46.9. The van der Waals surface area contributed by atoms with E-state index in [1.165, 1.54) is 4.90 Å². The molecule has 300 valence electrons. The number of piperidine rings is 1. The first kappa shape index (κ1) is 38.7. The number of piperazine rings is 1. The summed E-state index contributed by atoms with van der Waals surface area (Å²) in [5.41, 5.74) is 2.23. The molecule has 0 radical (unpaired) electrons. The molecule has 0 bridgehead atoms. The van der Waals surface area contributed by atoms with Gasteiger partial charge in [0.1, 0.15) is 29.6 Å². The molecule has 0 spiro atoms. The lowest BCUT2D eigenvalue weighted by molar-refractivity contribution is -0.133. The largest absolute Gasteiger partial charge is 0.508 e. The van der Waals surface area contributed by atoms with Crippen LogP contribution in [-0.4, -0.2) is 102 Å². The fourth-order valence-electron chi connectivity index (χ4n) is 8.85. The van der Waals surface area contributed by atoms with E-state index >= 15 is 4.39 Å². The predicted molar refractivity (Wildman–Crippen MR) is 226 cm³/mol. The van der Waals surface area contributed by atoms with Gasteiger partial charge in [0.15, 0.2) is 17.3 Å². The Morgan fingerprint density at radius 3 is 2.33 bits per heavy atom. The number of likely N-dealkylation sites (tertiary alicyclic amines) is 1. The molecule has 1 atom stereocenters. The van der Waals surface area contributed by atoms with E-state index in [4.69, 9.17) is 9.47 Å². The summed E-state index contributed by atoms with van der Waals surface area (Å²) in [6, 6.07) is 24.4. The van der Waals surface area contributed by atoms with Gasteiger partial charge in [0.2, 0.25) is 0 Å². The quantitative estimate of drug-likeness (QED) is 0.139. The first-order chi connectivity index (χ1) is 28.2. The second-order valence-corrected chi connectivity index (χ2v) is 17.5. The molecule has 1 aliphatic carbocycles. The molecule has 3 fully saturated rings. The molecule has 1 aromatic heterocycles. The number of halogens is 2. The number of hydrogen-bond donors (Lipinski definition) is 1. The number of anilines is 1. The number of nitrogens with zero attached hydrogens (tertiary/aromatic N) is 4. The van der Waals surface area contributed by atoms with Crippen LogP contribution in [0, 0.1) is 5.82 Å². The zero-order chi connectivity index (χ0) is 39.9. The third-order valence-corrected chi connectivity index (χ3v) is 13.8. The number of benzene rings is 4. The second kappa shape index (κ2) is 16.4. The highest BCUT2D eigenvalue weighted by Gasteiger charge is 2.41. The number of phenols is 1. The van der Waals surface area contributed by atoms with Crippen LogP contribution in [0.5, 0.6) is 23.0 Å². The standard InChI is InChI=1S/C45H44BrFN4O6S/c46-29-3-1-28(2-4-29)44-43(36-11-5-32(53)26-41(36)58-44)57-34-9-7-33(8-10-34)56-24-23-48-17-15-30(16-18-48)49-19-21-50(22-20-49)39-14-12-35-37(42(39)47)27-51(45(35)55)38-13-6-31(52)25-40(38)54/h1-5,7-12,14,26,30,38,53H,6,13,15-25,27H2. The van der Waals surface area contributed by atoms with Gasteiger partial charge in [-0.25, -0.2) is 4.39 Å². The van der Waals surface area contributed by atoms with Gasteiger partial charge in [0.05, 0.1) is 29.6 Å². The monoisotopic (exact) mass is 866 g/mol. The van der Waals surface area contributed by atoms with Crippen molar-refractivity contribution < 1.29 is 33.4 Å². The minimum atomic E-state index is -0.655. The van der Waals surface area contributed by atoms with Crippen molar-refractivity contribution in [3.8, 4) is 33.4 Å². The SMILES string of the molecule is O=C1CCC(N2Cc3c(ccc(N4CCN(C5CCN(CCOc6ccc(Oc7c(-c8ccc(Br)cc8)sc8cc(O)ccc78)cc6)CC5)CC4)c3F)C2=O)C(=O)C1. The normalized spacial score (nSPS) is 19.6. The lowest BCUT2D eigenvalue weighted by atomic mass is 9.92. The van der Waals surface area contributed by atoms with Gasteiger partial charge < -0.3 is 24.4 Å². The molecule has 1 amide bonds. The van der Waals surface area contributed by atoms with Gasteiger partial charge in [-0.3, -0.25) is 24.2 Å². The number of phenolic OH excluding ortho intramolecular Hbond substituents is 1. The number of hydrogen-bond acceptors (Lipinski definition) is 10. The van der Waals surface area contributed by atoms with Crippen molar-refractivity contribution in [1.82, 2.24) is 14.7 Å². The van der Waals surface area contributed by atoms with E-state index in [1.807, 2.05) is 42.5 Å². The number of amides is 1. The smallest absolute Gasteiger partial charge is 0.255 e. The molecular formula is C45H44BrFN4O6S. The van der Waals surface area contributed by atoms with E-state index in [0.29, 0.717) is 54.7 Å². The van der Waals surface area contributed by atoms with Crippen LogP contribution in [-0.2, 0) is 16.1 Å².